The van der Waals surface area contributed by atoms with Crippen molar-refractivity contribution >= 4 is 22.6 Å². The van der Waals surface area contributed by atoms with Gasteiger partial charge in [0.1, 0.15) is 11.6 Å². The molecule has 9 heteroatoms. The van der Waals surface area contributed by atoms with Crippen LogP contribution in [0.25, 0.3) is 16.5 Å². The number of halogens is 1. The molecule has 0 aliphatic heterocycles. The number of aryl methyl sites for hydroxylation is 1. The molecule has 2 amide bonds. The first-order chi connectivity index (χ1) is 16.3. The fourth-order valence-electron chi connectivity index (χ4n) is 3.44. The molecule has 0 bridgehead atoms. The largest absolute Gasteiger partial charge is 0.494 e. The van der Waals surface area contributed by atoms with Gasteiger partial charge in [-0.15, -0.1) is 10.2 Å². The number of para-hydroxylation sites is 1. The molecule has 1 unspecified atom stereocenters. The maximum absolute atomic E-state index is 13.0. The highest BCUT2D eigenvalue weighted by atomic mass is 19.1. The first-order valence-electron chi connectivity index (χ1n) is 10.3. The van der Waals surface area contributed by atoms with Gasteiger partial charge in [0, 0.05) is 16.3 Å². The summed E-state index contributed by atoms with van der Waals surface area (Å²) in [6.07, 6.45) is -1.05. The fraction of sp³-hybridized carbons (Fsp3) is 0.120. The second-order valence-electron chi connectivity index (χ2n) is 7.59. The van der Waals surface area contributed by atoms with Gasteiger partial charge in [-0.3, -0.25) is 14.2 Å². The van der Waals surface area contributed by atoms with Gasteiger partial charge < -0.3 is 14.9 Å². The van der Waals surface area contributed by atoms with E-state index < -0.39 is 23.7 Å². The Morgan fingerprint density at radius 1 is 0.941 bits per heavy atom. The Hall–Kier alpha value is -4.53. The molecule has 0 saturated carbocycles. The van der Waals surface area contributed by atoms with E-state index in [1.165, 1.54) is 54.0 Å². The zero-order valence-electron chi connectivity index (χ0n) is 18.3. The summed E-state index contributed by atoms with van der Waals surface area (Å²) in [4.78, 5) is 24.7. The molecule has 1 aromatic heterocycles. The highest BCUT2D eigenvalue weighted by Gasteiger charge is 2.20. The first-order valence-corrected chi connectivity index (χ1v) is 10.3. The van der Waals surface area contributed by atoms with Crippen LogP contribution in [0.4, 0.5) is 4.39 Å². The molecule has 0 fully saturated rings. The molecule has 172 valence electrons. The highest BCUT2D eigenvalue weighted by Crippen LogP contribution is 2.40. The predicted octanol–water partition coefficient (Wildman–Crippen LogP) is 5.08. The summed E-state index contributed by atoms with van der Waals surface area (Å²) < 4.78 is 19.6. The third kappa shape index (κ3) is 4.36. The van der Waals surface area contributed by atoms with Gasteiger partial charge in [-0.2, -0.15) is 0 Å². The van der Waals surface area contributed by atoms with E-state index in [-0.39, 0.29) is 28.5 Å². The van der Waals surface area contributed by atoms with Gasteiger partial charge in [0.2, 0.25) is 11.8 Å². The van der Waals surface area contributed by atoms with Crippen molar-refractivity contribution in [1.82, 2.24) is 4.57 Å². The van der Waals surface area contributed by atoms with E-state index in [9.17, 15) is 24.2 Å². The van der Waals surface area contributed by atoms with Crippen molar-refractivity contribution in [2.24, 2.45) is 10.2 Å². The number of carbonyl (C=O) groups excluding carboxylic acids is 2. The quantitative estimate of drug-likeness (QED) is 0.403. The van der Waals surface area contributed by atoms with E-state index in [4.69, 9.17) is 4.74 Å². The Labute approximate surface area is 193 Å². The molecule has 1 heterocycles. The van der Waals surface area contributed by atoms with Crippen LogP contribution in [-0.4, -0.2) is 32.7 Å². The number of rotatable bonds is 5. The Kier molecular flexibility index (Phi) is 6.09. The van der Waals surface area contributed by atoms with Gasteiger partial charge in [0.15, 0.2) is 6.10 Å². The lowest BCUT2D eigenvalue weighted by molar-refractivity contribution is -0.124. The average Bonchev–Trinajstić information content (AvgIpc) is 3.08. The van der Waals surface area contributed by atoms with E-state index in [2.05, 4.69) is 10.2 Å². The van der Waals surface area contributed by atoms with Crippen LogP contribution >= 0.6 is 0 Å². The van der Waals surface area contributed by atoms with Crippen LogP contribution in [0, 0.1) is 12.7 Å². The molecule has 2 N–H and O–H groups in total. The van der Waals surface area contributed by atoms with Crippen molar-refractivity contribution in [3.05, 3.63) is 83.7 Å². The van der Waals surface area contributed by atoms with Gasteiger partial charge >= 0.3 is 5.91 Å². The Balaban J connectivity index is 1.55. The van der Waals surface area contributed by atoms with Crippen molar-refractivity contribution in [2.45, 2.75) is 20.0 Å². The van der Waals surface area contributed by atoms with E-state index in [0.29, 0.717) is 11.1 Å². The van der Waals surface area contributed by atoms with Crippen LogP contribution in [0.2, 0.25) is 0 Å². The number of hydrogen-bond acceptors (Lipinski definition) is 5. The van der Waals surface area contributed by atoms with E-state index >= 15 is 0 Å². The van der Waals surface area contributed by atoms with Gasteiger partial charge in [-0.25, -0.2) is 4.39 Å². The van der Waals surface area contributed by atoms with Crippen LogP contribution in [0.3, 0.4) is 0 Å². The minimum absolute atomic E-state index is 0.0633. The van der Waals surface area contributed by atoms with E-state index in [1.54, 1.807) is 12.1 Å². The molecule has 4 aromatic rings. The summed E-state index contributed by atoms with van der Waals surface area (Å²) in [5, 5.41) is 28.8. The fourth-order valence-corrected chi connectivity index (χ4v) is 3.44. The third-order valence-corrected chi connectivity index (χ3v) is 5.24. The van der Waals surface area contributed by atoms with E-state index in [0.717, 1.165) is 5.56 Å². The molecule has 0 aliphatic carbocycles. The second kappa shape index (κ2) is 9.14. The number of fused-ring (bicyclic) bond motifs is 1. The van der Waals surface area contributed by atoms with Gasteiger partial charge in [0.05, 0.1) is 5.69 Å². The normalized spacial score (nSPS) is 12.2. The molecule has 0 radical (unpaired) electrons. The first kappa shape index (κ1) is 22.7. The molecule has 3 aromatic carbocycles. The number of ether oxygens (including phenoxy) is 1. The molecule has 4 rings (SSSR count). The number of hydrogen-bond donors (Lipinski definition) is 2. The van der Waals surface area contributed by atoms with E-state index in [1.807, 2.05) is 19.1 Å². The number of amides is 2. The SMILES string of the molecule is Cc1ccccc1-n1c(O)c2ccc(C(=O)N=NC(=O)C(C)Oc3ccc(F)cc3)cc2c1O. The van der Waals surface area contributed by atoms with Gasteiger partial charge in [0.25, 0.3) is 5.91 Å². The lowest BCUT2D eigenvalue weighted by atomic mass is 10.1. The molecule has 0 saturated heterocycles. The molecule has 34 heavy (non-hydrogen) atoms. The maximum atomic E-state index is 13.0. The van der Waals surface area contributed by atoms with Crippen LogP contribution in [0.15, 0.2) is 77.0 Å². The average molecular weight is 461 g/mol. The number of azo groups is 1. The predicted molar refractivity (Wildman–Crippen MR) is 122 cm³/mol. The summed E-state index contributed by atoms with van der Waals surface area (Å²) in [6.45, 7) is 3.27. The summed E-state index contributed by atoms with van der Waals surface area (Å²) in [5.74, 6) is -2.21. The van der Waals surface area contributed by atoms with Gasteiger partial charge in [-0.1, -0.05) is 18.2 Å². The number of benzene rings is 3. The molecular weight excluding hydrogens is 441 g/mol. The van der Waals surface area contributed by atoms with Crippen molar-refractivity contribution in [1.29, 1.82) is 0 Å². The maximum Gasteiger partial charge on any atom is 0.304 e. The monoisotopic (exact) mass is 461 g/mol. The van der Waals surface area contributed by atoms with Crippen LogP contribution in [0.1, 0.15) is 22.8 Å². The highest BCUT2D eigenvalue weighted by molar-refractivity contribution is 6.02. The minimum atomic E-state index is -1.05. The minimum Gasteiger partial charge on any atom is -0.494 e. The van der Waals surface area contributed by atoms with Crippen LogP contribution < -0.4 is 4.74 Å². The van der Waals surface area contributed by atoms with Crippen molar-refractivity contribution < 1.29 is 28.9 Å². The number of aromatic nitrogens is 1. The molecular formula is C25H20FN3O5. The zero-order chi connectivity index (χ0) is 24.4. The summed E-state index contributed by atoms with van der Waals surface area (Å²) >= 11 is 0. The van der Waals surface area contributed by atoms with Crippen LogP contribution in [-0.2, 0) is 4.79 Å². The Bertz CT molecular complexity index is 1430. The lowest BCUT2D eigenvalue weighted by Crippen LogP contribution is -2.21. The molecule has 0 aliphatic rings. The standard InChI is InChI=1S/C25H20FN3O5/c1-14-5-3-4-6-21(14)29-24(32)19-12-7-16(13-20(19)25(29)33)23(31)28-27-22(30)15(2)34-18-10-8-17(26)9-11-18/h3-13,15,32-33H,1-2H3. The number of carbonyl (C=O) groups is 2. The Morgan fingerprint density at radius 3 is 2.32 bits per heavy atom. The van der Waals surface area contributed by atoms with Crippen molar-refractivity contribution in [2.75, 3.05) is 0 Å². The molecule has 0 spiro atoms. The Morgan fingerprint density at radius 2 is 1.62 bits per heavy atom. The summed E-state index contributed by atoms with van der Waals surface area (Å²) in [7, 11) is 0. The molecule has 8 nitrogen and oxygen atoms in total. The molecule has 1 atom stereocenters. The smallest absolute Gasteiger partial charge is 0.304 e. The summed E-state index contributed by atoms with van der Waals surface area (Å²) in [6, 6.07) is 16.6. The number of nitrogens with zero attached hydrogens (tertiary/aromatic N) is 3. The summed E-state index contributed by atoms with van der Waals surface area (Å²) in [5.41, 5.74) is 1.48. The topological polar surface area (TPSA) is 113 Å². The van der Waals surface area contributed by atoms with Crippen LogP contribution in [0.5, 0.6) is 17.5 Å². The third-order valence-electron chi connectivity index (χ3n) is 5.24. The van der Waals surface area contributed by atoms with Crippen molar-refractivity contribution in [3.63, 3.8) is 0 Å². The van der Waals surface area contributed by atoms with Gasteiger partial charge in [-0.05, 0) is 67.9 Å². The second-order valence-corrected chi connectivity index (χ2v) is 7.59. The van der Waals surface area contributed by atoms with Crippen molar-refractivity contribution in [3.8, 4) is 23.2 Å². The number of aromatic hydroxyl groups is 2. The zero-order valence-corrected chi connectivity index (χ0v) is 18.3. The lowest BCUT2D eigenvalue weighted by Gasteiger charge is -2.10.